The molecule has 50 valence electrons. The number of hydrogen-bond acceptors (Lipinski definition) is 2. The van der Waals surface area contributed by atoms with Crippen LogP contribution in [0, 0.1) is 4.64 Å². The van der Waals surface area contributed by atoms with Gasteiger partial charge < -0.3 is 15.6 Å². The van der Waals surface area contributed by atoms with E-state index in [2.05, 4.69) is 17.2 Å². The molecule has 0 radical (unpaired) electrons. The lowest BCUT2D eigenvalue weighted by Gasteiger charge is -1.86. The number of aromatic amines is 1. The standard InChI is InChI=1S/C5H5NOS.H2O/c7-4-2-1-3-6-5(4)8;/h1-3,7H,(H,6,8);1H2. The van der Waals surface area contributed by atoms with Crippen LogP contribution in [0.5, 0.6) is 5.75 Å². The van der Waals surface area contributed by atoms with Crippen LogP contribution in [0.3, 0.4) is 0 Å². The highest BCUT2D eigenvalue weighted by Crippen LogP contribution is 2.04. The van der Waals surface area contributed by atoms with E-state index in [0.29, 0.717) is 4.64 Å². The third kappa shape index (κ3) is 1.83. The van der Waals surface area contributed by atoms with Crippen molar-refractivity contribution in [3.63, 3.8) is 0 Å². The molecule has 0 saturated heterocycles. The number of rotatable bonds is 0. The minimum Gasteiger partial charge on any atom is -0.505 e. The highest BCUT2D eigenvalue weighted by molar-refractivity contribution is 7.71. The third-order valence-corrected chi connectivity index (χ3v) is 1.12. The topological polar surface area (TPSA) is 67.5 Å². The van der Waals surface area contributed by atoms with Gasteiger partial charge in [0.2, 0.25) is 0 Å². The van der Waals surface area contributed by atoms with E-state index in [0.717, 1.165) is 0 Å². The Balaban J connectivity index is 0.000000640. The van der Waals surface area contributed by atoms with Crippen LogP contribution in [-0.2, 0) is 0 Å². The van der Waals surface area contributed by atoms with Crippen molar-refractivity contribution >= 4 is 12.2 Å². The summed E-state index contributed by atoms with van der Waals surface area (Å²) in [7, 11) is 0. The van der Waals surface area contributed by atoms with E-state index in [1.54, 1.807) is 18.3 Å². The molecule has 0 unspecified atom stereocenters. The van der Waals surface area contributed by atoms with Crippen LogP contribution in [0.1, 0.15) is 0 Å². The number of aromatic hydroxyl groups is 1. The fourth-order valence-corrected chi connectivity index (χ4v) is 0.549. The van der Waals surface area contributed by atoms with Gasteiger partial charge in [-0.2, -0.15) is 0 Å². The molecule has 0 aliphatic heterocycles. The lowest BCUT2D eigenvalue weighted by molar-refractivity contribution is 0.470. The Kier molecular flexibility index (Phi) is 2.90. The van der Waals surface area contributed by atoms with Crippen LogP contribution >= 0.6 is 12.2 Å². The lowest BCUT2D eigenvalue weighted by atomic mass is 10.5. The zero-order valence-electron chi connectivity index (χ0n) is 4.59. The van der Waals surface area contributed by atoms with Crippen molar-refractivity contribution in [3.8, 4) is 5.75 Å². The molecule has 0 bridgehead atoms. The van der Waals surface area contributed by atoms with Crippen molar-refractivity contribution in [2.24, 2.45) is 0 Å². The molecule has 1 aromatic rings. The summed E-state index contributed by atoms with van der Waals surface area (Å²) >= 11 is 4.65. The maximum atomic E-state index is 8.78. The van der Waals surface area contributed by atoms with Crippen LogP contribution < -0.4 is 0 Å². The molecular formula is C5H7NO2S. The predicted octanol–water partition coefficient (Wildman–Crippen LogP) is 0.625. The fourth-order valence-electron chi connectivity index (χ4n) is 0.413. The van der Waals surface area contributed by atoms with Gasteiger partial charge in [0.05, 0.1) is 0 Å². The number of H-pyrrole nitrogens is 1. The van der Waals surface area contributed by atoms with Gasteiger partial charge in [-0.15, -0.1) is 0 Å². The molecule has 0 saturated carbocycles. The number of pyridine rings is 1. The summed E-state index contributed by atoms with van der Waals surface area (Å²) in [4.78, 5) is 2.66. The highest BCUT2D eigenvalue weighted by atomic mass is 32.1. The summed E-state index contributed by atoms with van der Waals surface area (Å²) in [5.74, 6) is 0.127. The Hall–Kier alpha value is -0.870. The van der Waals surface area contributed by atoms with E-state index < -0.39 is 0 Å². The number of hydrogen-bond donors (Lipinski definition) is 2. The van der Waals surface area contributed by atoms with Crippen LogP contribution in [-0.4, -0.2) is 15.6 Å². The van der Waals surface area contributed by atoms with Crippen LogP contribution in [0.25, 0.3) is 0 Å². The maximum Gasteiger partial charge on any atom is 0.150 e. The van der Waals surface area contributed by atoms with E-state index in [4.69, 9.17) is 5.11 Å². The second-order valence-electron chi connectivity index (χ2n) is 1.38. The molecule has 1 rings (SSSR count). The zero-order chi connectivity index (χ0) is 5.98. The first-order valence-electron chi connectivity index (χ1n) is 2.17. The average molecular weight is 145 g/mol. The van der Waals surface area contributed by atoms with E-state index in [9.17, 15) is 0 Å². The first-order chi connectivity index (χ1) is 3.80. The van der Waals surface area contributed by atoms with E-state index >= 15 is 0 Å². The molecule has 4 N–H and O–H groups in total. The second-order valence-corrected chi connectivity index (χ2v) is 1.79. The Morgan fingerprint density at radius 3 is 2.56 bits per heavy atom. The largest absolute Gasteiger partial charge is 0.505 e. The minimum atomic E-state index is 0. The Morgan fingerprint density at radius 2 is 2.22 bits per heavy atom. The van der Waals surface area contributed by atoms with Crippen molar-refractivity contribution in [2.45, 2.75) is 0 Å². The van der Waals surface area contributed by atoms with Gasteiger partial charge in [0.25, 0.3) is 0 Å². The SMILES string of the molecule is O.Oc1ccc[nH]c1=S. The molecule has 0 spiro atoms. The monoisotopic (exact) mass is 145 g/mol. The molecule has 1 aromatic heterocycles. The smallest absolute Gasteiger partial charge is 0.150 e. The van der Waals surface area contributed by atoms with Gasteiger partial charge in [-0.3, -0.25) is 0 Å². The van der Waals surface area contributed by atoms with Crippen molar-refractivity contribution in [2.75, 3.05) is 0 Å². The summed E-state index contributed by atoms with van der Waals surface area (Å²) in [6.07, 6.45) is 1.67. The average Bonchev–Trinajstić information content (AvgIpc) is 1.77. The predicted molar refractivity (Wildman–Crippen MR) is 36.9 cm³/mol. The molecule has 0 aliphatic rings. The van der Waals surface area contributed by atoms with E-state index in [1.807, 2.05) is 0 Å². The molecule has 3 nitrogen and oxygen atoms in total. The maximum absolute atomic E-state index is 8.78. The molecule has 1 heterocycles. The first-order valence-corrected chi connectivity index (χ1v) is 2.58. The van der Waals surface area contributed by atoms with Crippen LogP contribution in [0.15, 0.2) is 18.3 Å². The third-order valence-electron chi connectivity index (χ3n) is 0.797. The number of aromatic nitrogens is 1. The van der Waals surface area contributed by atoms with Crippen LogP contribution in [0.2, 0.25) is 0 Å². The Labute approximate surface area is 57.3 Å². The summed E-state index contributed by atoms with van der Waals surface area (Å²) < 4.78 is 0.382. The molecule has 0 aliphatic carbocycles. The Bertz CT molecular complexity index is 232. The summed E-state index contributed by atoms with van der Waals surface area (Å²) in [5, 5.41) is 8.78. The highest BCUT2D eigenvalue weighted by Gasteiger charge is 1.82. The molecule has 0 amide bonds. The van der Waals surface area contributed by atoms with Crippen molar-refractivity contribution < 1.29 is 10.6 Å². The van der Waals surface area contributed by atoms with Gasteiger partial charge in [0.15, 0.2) is 0 Å². The van der Waals surface area contributed by atoms with Crippen LogP contribution in [0.4, 0.5) is 0 Å². The summed E-state index contributed by atoms with van der Waals surface area (Å²) in [6.45, 7) is 0. The molecule has 0 atom stereocenters. The molecule has 0 aromatic carbocycles. The van der Waals surface area contributed by atoms with Gasteiger partial charge in [-0.25, -0.2) is 0 Å². The van der Waals surface area contributed by atoms with Gasteiger partial charge in [0, 0.05) is 6.20 Å². The zero-order valence-corrected chi connectivity index (χ0v) is 5.40. The molecule has 4 heteroatoms. The summed E-state index contributed by atoms with van der Waals surface area (Å²) in [6, 6.07) is 3.23. The fraction of sp³-hybridized carbons (Fsp3) is 0. The van der Waals surface area contributed by atoms with Gasteiger partial charge in [-0.1, -0.05) is 12.2 Å². The molecular weight excluding hydrogens is 138 g/mol. The minimum absolute atomic E-state index is 0. The number of nitrogens with one attached hydrogen (secondary N) is 1. The first kappa shape index (κ1) is 8.13. The van der Waals surface area contributed by atoms with Gasteiger partial charge in [-0.05, 0) is 12.1 Å². The van der Waals surface area contributed by atoms with Crippen molar-refractivity contribution in [3.05, 3.63) is 23.0 Å². The van der Waals surface area contributed by atoms with E-state index in [-0.39, 0.29) is 11.2 Å². The van der Waals surface area contributed by atoms with Gasteiger partial charge >= 0.3 is 0 Å². The van der Waals surface area contributed by atoms with Crippen molar-refractivity contribution in [1.29, 1.82) is 0 Å². The Morgan fingerprint density at radius 1 is 1.56 bits per heavy atom. The van der Waals surface area contributed by atoms with Gasteiger partial charge in [0.1, 0.15) is 10.4 Å². The molecule has 0 fully saturated rings. The second kappa shape index (κ2) is 3.21. The van der Waals surface area contributed by atoms with Crippen molar-refractivity contribution in [1.82, 2.24) is 4.98 Å². The molecule has 9 heavy (non-hydrogen) atoms. The lowest BCUT2D eigenvalue weighted by Crippen LogP contribution is -1.69. The van der Waals surface area contributed by atoms with E-state index in [1.165, 1.54) is 0 Å². The quantitative estimate of drug-likeness (QED) is 0.525. The normalized spacial score (nSPS) is 8.00. The summed E-state index contributed by atoms with van der Waals surface area (Å²) in [5.41, 5.74) is 0.